The Morgan fingerprint density at radius 1 is 1.11 bits per heavy atom. The van der Waals surface area contributed by atoms with Gasteiger partial charge in [0.15, 0.2) is 0 Å². The largest absolute Gasteiger partial charge is 0.352 e. The topological polar surface area (TPSA) is 62.3 Å². The molecule has 0 bridgehead atoms. The molecule has 2 amide bonds. The maximum absolute atomic E-state index is 13.0. The third-order valence-corrected chi connectivity index (χ3v) is 5.78. The first-order chi connectivity index (χ1) is 13.6. The number of likely N-dealkylation sites (tertiary alicyclic amines) is 1. The molecule has 2 heterocycles. The van der Waals surface area contributed by atoms with Crippen LogP contribution in [0.4, 0.5) is 0 Å². The highest BCUT2D eigenvalue weighted by Gasteiger charge is 2.41. The van der Waals surface area contributed by atoms with E-state index in [1.807, 2.05) is 17.0 Å². The van der Waals surface area contributed by atoms with Crippen LogP contribution in [0.5, 0.6) is 0 Å². The van der Waals surface area contributed by atoms with Gasteiger partial charge in [-0.1, -0.05) is 35.9 Å². The Morgan fingerprint density at radius 3 is 2.64 bits per heavy atom. The van der Waals surface area contributed by atoms with Gasteiger partial charge >= 0.3 is 0 Å². The van der Waals surface area contributed by atoms with Crippen LogP contribution in [0.2, 0.25) is 0 Å². The minimum atomic E-state index is -0.152. The van der Waals surface area contributed by atoms with Crippen molar-refractivity contribution in [3.8, 4) is 0 Å². The predicted molar refractivity (Wildman–Crippen MR) is 107 cm³/mol. The molecule has 1 saturated heterocycles. The quantitative estimate of drug-likeness (QED) is 0.869. The fraction of sp³-hybridized carbons (Fsp3) is 0.435. The SMILES string of the molecule is Cc1cccc([C@H]2CC[C@H](C(=O)NCc3cccnc3)CN2C(=O)C2CC2)c1. The van der Waals surface area contributed by atoms with Crippen LogP contribution in [0.1, 0.15) is 48.4 Å². The molecule has 4 rings (SSSR count). The molecule has 1 saturated carbocycles. The number of amides is 2. The van der Waals surface area contributed by atoms with Crippen LogP contribution in [0.3, 0.4) is 0 Å². The molecule has 28 heavy (non-hydrogen) atoms. The van der Waals surface area contributed by atoms with Crippen molar-refractivity contribution in [1.29, 1.82) is 0 Å². The number of hydrogen-bond donors (Lipinski definition) is 1. The lowest BCUT2D eigenvalue weighted by molar-refractivity contribution is -0.140. The highest BCUT2D eigenvalue weighted by molar-refractivity contribution is 5.84. The van der Waals surface area contributed by atoms with Crippen molar-refractivity contribution in [3.05, 3.63) is 65.5 Å². The molecule has 1 aromatic carbocycles. The molecule has 0 radical (unpaired) electrons. The van der Waals surface area contributed by atoms with Crippen LogP contribution < -0.4 is 5.32 Å². The Hall–Kier alpha value is -2.69. The van der Waals surface area contributed by atoms with E-state index < -0.39 is 0 Å². The summed E-state index contributed by atoms with van der Waals surface area (Å²) in [5.74, 6) is 0.251. The molecule has 5 heteroatoms. The van der Waals surface area contributed by atoms with Gasteiger partial charge in [0.25, 0.3) is 0 Å². The van der Waals surface area contributed by atoms with Gasteiger partial charge in [0.05, 0.1) is 12.0 Å². The zero-order chi connectivity index (χ0) is 19.5. The average Bonchev–Trinajstić information content (AvgIpc) is 3.57. The van der Waals surface area contributed by atoms with E-state index in [1.165, 1.54) is 11.1 Å². The van der Waals surface area contributed by atoms with Crippen molar-refractivity contribution in [2.75, 3.05) is 6.54 Å². The average molecular weight is 377 g/mol. The smallest absolute Gasteiger partial charge is 0.226 e. The van der Waals surface area contributed by atoms with Crippen molar-refractivity contribution in [1.82, 2.24) is 15.2 Å². The number of nitrogens with one attached hydrogen (secondary N) is 1. The predicted octanol–water partition coefficient (Wildman–Crippen LogP) is 3.40. The number of piperidine rings is 1. The zero-order valence-corrected chi connectivity index (χ0v) is 16.3. The van der Waals surface area contributed by atoms with Crippen LogP contribution in [0.15, 0.2) is 48.8 Å². The molecule has 0 spiro atoms. The minimum absolute atomic E-state index is 0.0279. The molecule has 2 aromatic rings. The molecule has 1 aromatic heterocycles. The minimum Gasteiger partial charge on any atom is -0.352 e. The van der Waals surface area contributed by atoms with Gasteiger partial charge in [-0.25, -0.2) is 0 Å². The Bertz CT molecular complexity index is 848. The summed E-state index contributed by atoms with van der Waals surface area (Å²) in [5, 5.41) is 3.02. The third kappa shape index (κ3) is 4.24. The number of nitrogens with zero attached hydrogens (tertiary/aromatic N) is 2. The highest BCUT2D eigenvalue weighted by Crippen LogP contribution is 2.39. The summed E-state index contributed by atoms with van der Waals surface area (Å²) >= 11 is 0. The van der Waals surface area contributed by atoms with Gasteiger partial charge in [-0.05, 0) is 49.8 Å². The number of aromatic nitrogens is 1. The van der Waals surface area contributed by atoms with E-state index in [4.69, 9.17) is 0 Å². The lowest BCUT2D eigenvalue weighted by Gasteiger charge is -2.40. The zero-order valence-electron chi connectivity index (χ0n) is 16.3. The van der Waals surface area contributed by atoms with Crippen molar-refractivity contribution in [3.63, 3.8) is 0 Å². The molecule has 1 aliphatic heterocycles. The number of benzene rings is 1. The van der Waals surface area contributed by atoms with Crippen molar-refractivity contribution < 1.29 is 9.59 Å². The lowest BCUT2D eigenvalue weighted by atomic mass is 9.87. The van der Waals surface area contributed by atoms with E-state index in [0.717, 1.165) is 31.2 Å². The van der Waals surface area contributed by atoms with Gasteiger partial charge < -0.3 is 10.2 Å². The van der Waals surface area contributed by atoms with Crippen LogP contribution in [0, 0.1) is 18.8 Å². The third-order valence-electron chi connectivity index (χ3n) is 5.78. The van der Waals surface area contributed by atoms with Gasteiger partial charge in [-0.2, -0.15) is 0 Å². The maximum Gasteiger partial charge on any atom is 0.226 e. The normalized spacial score (nSPS) is 22.0. The summed E-state index contributed by atoms with van der Waals surface area (Å²) < 4.78 is 0. The number of carbonyl (C=O) groups excluding carboxylic acids is 2. The summed E-state index contributed by atoms with van der Waals surface area (Å²) in [6.45, 7) is 3.06. The van der Waals surface area contributed by atoms with Crippen LogP contribution >= 0.6 is 0 Å². The number of rotatable bonds is 5. The van der Waals surface area contributed by atoms with E-state index in [9.17, 15) is 9.59 Å². The number of hydrogen-bond acceptors (Lipinski definition) is 3. The monoisotopic (exact) mass is 377 g/mol. The van der Waals surface area contributed by atoms with E-state index in [-0.39, 0.29) is 29.7 Å². The second-order valence-electron chi connectivity index (χ2n) is 8.05. The molecule has 0 unspecified atom stereocenters. The Morgan fingerprint density at radius 2 is 1.93 bits per heavy atom. The van der Waals surface area contributed by atoms with Crippen molar-refractivity contribution in [2.45, 2.75) is 45.2 Å². The maximum atomic E-state index is 13.0. The Balaban J connectivity index is 1.45. The molecular formula is C23H27N3O2. The lowest BCUT2D eigenvalue weighted by Crippen LogP contribution is -2.47. The molecule has 2 atom stereocenters. The number of aryl methyl sites for hydroxylation is 1. The second-order valence-corrected chi connectivity index (χ2v) is 8.05. The van der Waals surface area contributed by atoms with Gasteiger partial charge in [-0.3, -0.25) is 14.6 Å². The Kier molecular flexibility index (Phi) is 5.42. The van der Waals surface area contributed by atoms with Crippen LogP contribution in [-0.2, 0) is 16.1 Å². The Labute approximate surface area is 166 Å². The van der Waals surface area contributed by atoms with E-state index in [0.29, 0.717) is 13.1 Å². The summed E-state index contributed by atoms with van der Waals surface area (Å²) in [5.41, 5.74) is 3.37. The summed E-state index contributed by atoms with van der Waals surface area (Å²) in [4.78, 5) is 31.8. The molecule has 2 aliphatic rings. The first-order valence-electron chi connectivity index (χ1n) is 10.2. The number of pyridine rings is 1. The second kappa shape index (κ2) is 8.13. The summed E-state index contributed by atoms with van der Waals surface area (Å²) in [6.07, 6.45) is 7.07. The first-order valence-corrected chi connectivity index (χ1v) is 10.2. The molecular weight excluding hydrogens is 350 g/mol. The summed E-state index contributed by atoms with van der Waals surface area (Å²) in [6, 6.07) is 12.3. The highest BCUT2D eigenvalue weighted by atomic mass is 16.2. The van der Waals surface area contributed by atoms with Crippen LogP contribution in [0.25, 0.3) is 0 Å². The first kappa shape index (κ1) is 18.7. The molecule has 1 N–H and O–H groups in total. The van der Waals surface area contributed by atoms with Crippen molar-refractivity contribution in [2.24, 2.45) is 11.8 Å². The van der Waals surface area contributed by atoms with Gasteiger partial charge in [0.1, 0.15) is 0 Å². The van der Waals surface area contributed by atoms with E-state index in [1.54, 1.807) is 12.4 Å². The molecule has 2 fully saturated rings. The standard InChI is InChI=1S/C23H27N3O2/c1-16-4-2-6-19(12-16)21-10-9-20(15-26(21)23(28)18-7-8-18)22(27)25-14-17-5-3-11-24-13-17/h2-6,11-13,18,20-21H,7-10,14-15H2,1H3,(H,25,27)/t20-,21+/m0/s1. The molecule has 1 aliphatic carbocycles. The molecule has 5 nitrogen and oxygen atoms in total. The van der Waals surface area contributed by atoms with E-state index in [2.05, 4.69) is 41.5 Å². The van der Waals surface area contributed by atoms with Gasteiger partial charge in [0, 0.05) is 31.4 Å². The van der Waals surface area contributed by atoms with Crippen molar-refractivity contribution >= 4 is 11.8 Å². The fourth-order valence-corrected chi connectivity index (χ4v) is 4.05. The molecule has 146 valence electrons. The van der Waals surface area contributed by atoms with Gasteiger partial charge in [-0.15, -0.1) is 0 Å². The fourth-order valence-electron chi connectivity index (χ4n) is 4.05. The van der Waals surface area contributed by atoms with Gasteiger partial charge in [0.2, 0.25) is 11.8 Å². The van der Waals surface area contributed by atoms with Crippen LogP contribution in [-0.4, -0.2) is 28.2 Å². The summed E-state index contributed by atoms with van der Waals surface area (Å²) in [7, 11) is 0. The van der Waals surface area contributed by atoms with E-state index >= 15 is 0 Å². The number of carbonyl (C=O) groups is 2.